The Hall–Kier alpha value is -8.01. The second kappa shape index (κ2) is 19.5. The van der Waals surface area contributed by atoms with E-state index in [4.69, 9.17) is 15.0 Å². The lowest BCUT2D eigenvalue weighted by Crippen LogP contribution is -2.14. The maximum Gasteiger partial charge on any atom is 0.164 e. The van der Waals surface area contributed by atoms with Gasteiger partial charge in [-0.3, -0.25) is 0 Å². The lowest BCUT2D eigenvalue weighted by atomic mass is 9.80. The van der Waals surface area contributed by atoms with Gasteiger partial charge in [0.2, 0.25) is 0 Å². The first kappa shape index (κ1) is 48.4. The largest absolute Gasteiger partial charge is 0.208 e. The summed E-state index contributed by atoms with van der Waals surface area (Å²) in [4.78, 5) is 15.9. The number of hydrogen-bond acceptors (Lipinski definition) is 3. The van der Waals surface area contributed by atoms with Crippen molar-refractivity contribution in [3.05, 3.63) is 234 Å². The zero-order valence-corrected chi connectivity index (χ0v) is 45.6. The van der Waals surface area contributed by atoms with Crippen LogP contribution in [0.4, 0.5) is 0 Å². The Balaban J connectivity index is 0.992. The molecule has 3 heteroatoms. The minimum absolute atomic E-state index is 0.0524. The van der Waals surface area contributed by atoms with Gasteiger partial charge in [0.1, 0.15) is 0 Å². The Bertz CT molecular complexity index is 3680. The van der Waals surface area contributed by atoms with Gasteiger partial charge in [-0.05, 0) is 180 Å². The van der Waals surface area contributed by atoms with Gasteiger partial charge in [-0.15, -0.1) is 0 Å². The van der Waals surface area contributed by atoms with Gasteiger partial charge >= 0.3 is 0 Å². The second-order valence-corrected chi connectivity index (χ2v) is 24.1. The molecule has 0 amide bonds. The van der Waals surface area contributed by atoms with E-state index in [1.807, 2.05) is 0 Å². The number of rotatable bonds is 9. The molecule has 0 radical (unpaired) electrons. The van der Waals surface area contributed by atoms with E-state index in [9.17, 15) is 0 Å². The first-order valence-electron chi connectivity index (χ1n) is 29.0. The molecule has 2 fully saturated rings. The first-order chi connectivity index (χ1) is 38.1. The third-order valence-corrected chi connectivity index (χ3v) is 18.5. The van der Waals surface area contributed by atoms with E-state index < -0.39 is 0 Å². The molecule has 0 aliphatic heterocycles. The van der Waals surface area contributed by atoms with E-state index in [0.29, 0.717) is 29.3 Å². The normalized spacial score (nSPS) is 16.3. The molecule has 78 heavy (non-hydrogen) atoms. The maximum absolute atomic E-state index is 5.39. The molecule has 0 N–H and O–H groups in total. The van der Waals surface area contributed by atoms with Crippen molar-refractivity contribution < 1.29 is 0 Å². The molecule has 2 saturated carbocycles. The van der Waals surface area contributed by atoms with Crippen LogP contribution in [0.25, 0.3) is 101 Å². The van der Waals surface area contributed by atoms with Crippen molar-refractivity contribution in [2.24, 2.45) is 0 Å². The highest BCUT2D eigenvalue weighted by Gasteiger charge is 2.37. The van der Waals surface area contributed by atoms with Crippen LogP contribution in [0.5, 0.6) is 0 Å². The van der Waals surface area contributed by atoms with Crippen molar-refractivity contribution in [3.8, 4) is 101 Å². The topological polar surface area (TPSA) is 38.7 Å². The summed E-state index contributed by atoms with van der Waals surface area (Å²) >= 11 is 0. The summed E-state index contributed by atoms with van der Waals surface area (Å²) in [5.41, 5.74) is 26.5. The predicted molar refractivity (Wildman–Crippen MR) is 325 cm³/mol. The number of hydrogen-bond donors (Lipinski definition) is 0. The number of aromatic nitrogens is 3. The molecule has 9 aromatic carbocycles. The van der Waals surface area contributed by atoms with Gasteiger partial charge in [0.25, 0.3) is 0 Å². The van der Waals surface area contributed by atoms with Gasteiger partial charge in [-0.1, -0.05) is 224 Å². The van der Waals surface area contributed by atoms with Crippen molar-refractivity contribution in [2.75, 3.05) is 0 Å². The molecule has 0 atom stereocenters. The molecular weight excluding hydrogens is 943 g/mol. The van der Waals surface area contributed by atoms with Crippen molar-refractivity contribution >= 4 is 0 Å². The van der Waals surface area contributed by atoms with Crippen LogP contribution in [0, 0.1) is 0 Å². The Labute approximate surface area is 461 Å². The fourth-order valence-corrected chi connectivity index (χ4v) is 14.1. The maximum atomic E-state index is 5.39. The summed E-state index contributed by atoms with van der Waals surface area (Å²) < 4.78 is 0. The Kier molecular flexibility index (Phi) is 12.1. The molecule has 1 aromatic heterocycles. The number of benzene rings is 9. The molecule has 382 valence electrons. The van der Waals surface area contributed by atoms with E-state index in [1.165, 1.54) is 153 Å². The quantitative estimate of drug-likeness (QED) is 0.145. The van der Waals surface area contributed by atoms with Gasteiger partial charge in [-0.25, -0.2) is 15.0 Å². The zero-order valence-electron chi connectivity index (χ0n) is 45.6. The van der Waals surface area contributed by atoms with Crippen LogP contribution >= 0.6 is 0 Å². The minimum Gasteiger partial charge on any atom is -0.208 e. The predicted octanol–water partition coefficient (Wildman–Crippen LogP) is 20.2. The SMILES string of the molecule is CC1(C)c2ccccc2-c2cc(-c3cc(-c4cc(-c5cc(-c6ccc7c(c6)-c6ccccc6C7(C)C)cc(C6CCCCC6)c5)cc(-c5nc(-c6ccccc6)nc(-c6ccccc6)n5)c4)cc(C4CCCCC4)c3)ccc21. The fourth-order valence-electron chi connectivity index (χ4n) is 14.1. The van der Waals surface area contributed by atoms with E-state index >= 15 is 0 Å². The summed E-state index contributed by atoms with van der Waals surface area (Å²) in [5.74, 6) is 3.02. The van der Waals surface area contributed by atoms with E-state index in [2.05, 4.69) is 228 Å². The molecule has 0 bridgehead atoms. The van der Waals surface area contributed by atoms with Crippen LogP contribution in [0.3, 0.4) is 0 Å². The third-order valence-electron chi connectivity index (χ3n) is 18.5. The molecule has 0 saturated heterocycles. The lowest BCUT2D eigenvalue weighted by molar-refractivity contribution is 0.444. The van der Waals surface area contributed by atoms with Crippen LogP contribution in [0.1, 0.15) is 137 Å². The zero-order chi connectivity index (χ0) is 52.5. The van der Waals surface area contributed by atoms with Crippen molar-refractivity contribution in [3.63, 3.8) is 0 Å². The average Bonchev–Trinajstić information content (AvgIpc) is 4.05. The molecule has 4 aliphatic carbocycles. The van der Waals surface area contributed by atoms with Crippen LogP contribution in [-0.2, 0) is 10.8 Å². The van der Waals surface area contributed by atoms with Crippen LogP contribution in [-0.4, -0.2) is 15.0 Å². The third kappa shape index (κ3) is 8.63. The molecule has 0 unspecified atom stereocenters. The van der Waals surface area contributed by atoms with Crippen molar-refractivity contribution in [2.45, 2.75) is 115 Å². The highest BCUT2D eigenvalue weighted by atomic mass is 15.0. The van der Waals surface area contributed by atoms with Gasteiger partial charge in [0.15, 0.2) is 17.5 Å². The molecule has 0 spiro atoms. The smallest absolute Gasteiger partial charge is 0.164 e. The van der Waals surface area contributed by atoms with Crippen LogP contribution < -0.4 is 0 Å². The van der Waals surface area contributed by atoms with Crippen LogP contribution in [0.15, 0.2) is 200 Å². The summed E-state index contributed by atoms with van der Waals surface area (Å²) in [6.45, 7) is 9.50. The summed E-state index contributed by atoms with van der Waals surface area (Å²) in [5, 5.41) is 0. The Morgan fingerprint density at radius 2 is 0.590 bits per heavy atom. The van der Waals surface area contributed by atoms with E-state index in [-0.39, 0.29) is 10.8 Å². The van der Waals surface area contributed by atoms with E-state index in [0.717, 1.165) is 27.8 Å². The highest BCUT2D eigenvalue weighted by Crippen LogP contribution is 2.52. The Morgan fingerprint density at radius 3 is 1.00 bits per heavy atom. The summed E-state index contributed by atoms with van der Waals surface area (Å²) in [7, 11) is 0. The van der Waals surface area contributed by atoms with Gasteiger partial charge in [-0.2, -0.15) is 0 Å². The van der Waals surface area contributed by atoms with Crippen molar-refractivity contribution in [1.29, 1.82) is 0 Å². The van der Waals surface area contributed by atoms with Gasteiger partial charge in [0.05, 0.1) is 0 Å². The molecule has 1 heterocycles. The Morgan fingerprint density at radius 1 is 0.269 bits per heavy atom. The molecule has 4 aliphatic rings. The average molecular weight is 1010 g/mol. The van der Waals surface area contributed by atoms with E-state index in [1.54, 1.807) is 0 Å². The van der Waals surface area contributed by atoms with Gasteiger partial charge in [0, 0.05) is 27.5 Å². The molecule has 14 rings (SSSR count). The molecular formula is C75H67N3. The number of nitrogens with zero attached hydrogens (tertiary/aromatic N) is 3. The minimum atomic E-state index is -0.0524. The molecule has 10 aromatic rings. The standard InChI is InChI=1S/C75H67N3/c1-74(2)67-31-19-17-29-63(67)65-46-52(33-35-69(65)74)56-37-54(48-21-9-5-10-22-48)39-58(41-56)60-43-61(45-62(44-60)73-77-71(50-25-13-7-14-26-50)76-72(78-73)51-27-15-8-16-28-51)59-40-55(49-23-11-6-12-24-49)38-57(42-59)53-34-36-70-66(47-53)64-30-18-20-32-68(64)75(70,3)4/h7-8,13-20,25-49H,5-6,9-12,21-24H2,1-4H3. The summed E-state index contributed by atoms with van der Waals surface area (Å²) in [6, 6.07) is 75.6. The summed E-state index contributed by atoms with van der Waals surface area (Å²) in [6.07, 6.45) is 12.6. The van der Waals surface area contributed by atoms with Crippen molar-refractivity contribution in [1.82, 2.24) is 15.0 Å². The van der Waals surface area contributed by atoms with Crippen LogP contribution in [0.2, 0.25) is 0 Å². The van der Waals surface area contributed by atoms with Gasteiger partial charge < -0.3 is 0 Å². The highest BCUT2D eigenvalue weighted by molar-refractivity contribution is 5.89. The molecule has 3 nitrogen and oxygen atoms in total. The number of fused-ring (bicyclic) bond motifs is 6. The monoisotopic (exact) mass is 1010 g/mol. The first-order valence-corrected chi connectivity index (χ1v) is 29.0. The second-order valence-electron chi connectivity index (χ2n) is 24.1. The lowest BCUT2D eigenvalue weighted by Gasteiger charge is -2.25. The fraction of sp³-hybridized carbons (Fsp3) is 0.240.